The predicted molar refractivity (Wildman–Crippen MR) is 145 cm³/mol. The number of nitrogens with zero attached hydrogens (tertiary/aromatic N) is 3. The van der Waals surface area contributed by atoms with Crippen LogP contribution in [0.1, 0.15) is 40.5 Å². The smallest absolute Gasteiger partial charge is 0.304 e. The van der Waals surface area contributed by atoms with Crippen LogP contribution in [0, 0.1) is 6.92 Å². The molecule has 1 aliphatic heterocycles. The molecule has 1 aromatic heterocycles. The molecule has 2 atom stereocenters. The van der Waals surface area contributed by atoms with Gasteiger partial charge in [-0.1, -0.05) is 49.0 Å². The van der Waals surface area contributed by atoms with Crippen LogP contribution in [-0.2, 0) is 6.42 Å². The van der Waals surface area contributed by atoms with E-state index in [0.29, 0.717) is 29.9 Å². The highest BCUT2D eigenvalue weighted by molar-refractivity contribution is 8.14. The van der Waals surface area contributed by atoms with E-state index in [1.165, 1.54) is 16.8 Å². The molecule has 0 bridgehead atoms. The minimum atomic E-state index is -0.698. The first-order chi connectivity index (χ1) is 17.9. The molecule has 37 heavy (non-hydrogen) atoms. The molecule has 1 aliphatic rings. The third-order valence-corrected chi connectivity index (χ3v) is 7.25. The van der Waals surface area contributed by atoms with Gasteiger partial charge in [-0.3, -0.25) is 14.6 Å². The number of thioether (sulfide) groups is 1. The molecule has 0 fully saturated rings. The molecule has 2 heterocycles. The van der Waals surface area contributed by atoms with Crippen LogP contribution in [0.15, 0.2) is 72.0 Å². The van der Waals surface area contributed by atoms with Crippen LogP contribution in [0.2, 0.25) is 0 Å². The zero-order valence-electron chi connectivity index (χ0n) is 21.3. The number of ether oxygens (including phenoxy) is 2. The lowest BCUT2D eigenvalue weighted by Crippen LogP contribution is -2.51. The maximum Gasteiger partial charge on any atom is 0.304 e. The van der Waals surface area contributed by atoms with Gasteiger partial charge in [0, 0.05) is 29.4 Å². The molecule has 9 heteroatoms. The highest BCUT2D eigenvalue weighted by atomic mass is 32.2. The van der Waals surface area contributed by atoms with Gasteiger partial charge in [-0.25, -0.2) is 5.01 Å². The van der Waals surface area contributed by atoms with Crippen LogP contribution in [0.5, 0.6) is 11.5 Å². The highest BCUT2D eigenvalue weighted by Crippen LogP contribution is 2.34. The van der Waals surface area contributed by atoms with Crippen molar-refractivity contribution in [2.45, 2.75) is 38.1 Å². The van der Waals surface area contributed by atoms with Crippen molar-refractivity contribution in [3.63, 3.8) is 0 Å². The van der Waals surface area contributed by atoms with E-state index in [1.54, 1.807) is 32.5 Å². The third kappa shape index (κ3) is 6.11. The van der Waals surface area contributed by atoms with E-state index in [4.69, 9.17) is 14.6 Å². The van der Waals surface area contributed by atoms with Gasteiger partial charge in [0.25, 0.3) is 5.91 Å². The Morgan fingerprint density at radius 3 is 2.51 bits per heavy atom. The van der Waals surface area contributed by atoms with Crippen molar-refractivity contribution in [3.05, 3.63) is 89.2 Å². The molecule has 3 aromatic rings. The minimum Gasteiger partial charge on any atom is -0.493 e. The molecule has 0 saturated carbocycles. The van der Waals surface area contributed by atoms with Gasteiger partial charge < -0.3 is 14.8 Å². The maximum absolute atomic E-state index is 13.3. The lowest BCUT2D eigenvalue weighted by molar-refractivity contribution is 0.0887. The predicted octanol–water partition coefficient (Wildman–Crippen LogP) is 5.06. The summed E-state index contributed by atoms with van der Waals surface area (Å²) in [5, 5.41) is 8.89. The summed E-state index contributed by atoms with van der Waals surface area (Å²) in [5.41, 5.74) is 3.73. The normalized spacial score (nSPS) is 16.1. The van der Waals surface area contributed by atoms with Crippen LogP contribution < -0.4 is 14.8 Å². The largest absolute Gasteiger partial charge is 0.493 e. The van der Waals surface area contributed by atoms with Gasteiger partial charge in [0.2, 0.25) is 0 Å². The van der Waals surface area contributed by atoms with Gasteiger partial charge in [0.05, 0.1) is 25.2 Å². The number of nitrogens with one attached hydrogen (secondary N) is 1. The summed E-state index contributed by atoms with van der Waals surface area (Å²) in [6.45, 7) is 3.85. The Labute approximate surface area is 221 Å². The maximum atomic E-state index is 13.3. The molecule has 2 amide bonds. The summed E-state index contributed by atoms with van der Waals surface area (Å²) >= 11 is 1.21. The Morgan fingerprint density at radius 1 is 1.08 bits per heavy atom. The van der Waals surface area contributed by atoms with Crippen molar-refractivity contribution in [1.82, 2.24) is 15.3 Å². The quantitative estimate of drug-likeness (QED) is 0.426. The number of carbonyl (C=O) groups is 2. The molecule has 0 spiro atoms. The first-order valence-corrected chi connectivity index (χ1v) is 12.9. The molecular weight excluding hydrogens is 488 g/mol. The monoisotopic (exact) mass is 518 g/mol. The van der Waals surface area contributed by atoms with Crippen LogP contribution in [0.25, 0.3) is 0 Å². The fourth-order valence-corrected chi connectivity index (χ4v) is 5.10. The Kier molecular flexibility index (Phi) is 8.45. The summed E-state index contributed by atoms with van der Waals surface area (Å²) in [5.74, 6) is 0.885. The molecule has 0 radical (unpaired) electrons. The minimum absolute atomic E-state index is 0.141. The molecule has 2 unspecified atom stereocenters. The second-order valence-electron chi connectivity index (χ2n) is 8.55. The Hall–Kier alpha value is -3.85. The van der Waals surface area contributed by atoms with E-state index in [2.05, 4.69) is 10.3 Å². The first kappa shape index (κ1) is 26.2. The number of benzene rings is 2. The first-order valence-electron chi connectivity index (χ1n) is 12.0. The number of methoxy groups -OCH3 is 2. The highest BCUT2D eigenvalue weighted by Gasteiger charge is 2.35. The van der Waals surface area contributed by atoms with Crippen molar-refractivity contribution in [2.24, 2.45) is 5.10 Å². The average Bonchev–Trinajstić information content (AvgIpc) is 2.92. The van der Waals surface area contributed by atoms with Gasteiger partial charge in [0.1, 0.15) is 6.17 Å². The molecule has 2 aromatic carbocycles. The fraction of sp³-hybridized carbons (Fsp3) is 0.286. The van der Waals surface area contributed by atoms with E-state index in [0.717, 1.165) is 22.5 Å². The van der Waals surface area contributed by atoms with E-state index in [-0.39, 0.29) is 16.4 Å². The van der Waals surface area contributed by atoms with Crippen LogP contribution >= 0.6 is 11.8 Å². The summed E-state index contributed by atoms with van der Waals surface area (Å²) in [7, 11) is 3.17. The molecular formula is C28H30N4O4S. The number of aryl methyl sites for hydroxylation is 1. The zero-order chi connectivity index (χ0) is 26.4. The zero-order valence-corrected chi connectivity index (χ0v) is 22.1. The topological polar surface area (TPSA) is 93.1 Å². The van der Waals surface area contributed by atoms with E-state index < -0.39 is 6.17 Å². The Balaban J connectivity index is 1.73. The van der Waals surface area contributed by atoms with Crippen LogP contribution in [0.3, 0.4) is 0 Å². The second-order valence-corrected chi connectivity index (χ2v) is 9.70. The summed E-state index contributed by atoms with van der Waals surface area (Å²) in [6, 6.07) is 18.7. The second kappa shape index (κ2) is 11.9. The van der Waals surface area contributed by atoms with Gasteiger partial charge in [-0.2, -0.15) is 5.10 Å². The molecule has 8 nitrogen and oxygen atoms in total. The SMILES string of the molecule is CCC1SC(=O)N(C(Cc2ccccc2)NC(=O)c2ccnc(C)c2)N=C1c1ccc(OC)c(OC)c1. The third-order valence-electron chi connectivity index (χ3n) is 6.02. The van der Waals surface area contributed by atoms with Crippen molar-refractivity contribution < 1.29 is 19.1 Å². The lowest BCUT2D eigenvalue weighted by Gasteiger charge is -2.34. The standard InChI is InChI=1S/C28H30N4O4S/c1-5-24-26(20-11-12-22(35-3)23(17-20)36-4)31-32(28(34)37-24)25(16-19-9-7-6-8-10-19)30-27(33)21-13-14-29-18(2)15-21/h6-15,17,24-25H,5,16H2,1-4H3,(H,30,33). The van der Waals surface area contributed by atoms with Crippen molar-refractivity contribution in [3.8, 4) is 11.5 Å². The molecule has 1 N–H and O–H groups in total. The van der Waals surface area contributed by atoms with E-state index >= 15 is 0 Å². The number of amides is 2. The Morgan fingerprint density at radius 2 is 1.84 bits per heavy atom. The molecule has 192 valence electrons. The van der Waals surface area contributed by atoms with Gasteiger partial charge in [-0.15, -0.1) is 0 Å². The molecule has 0 aliphatic carbocycles. The van der Waals surface area contributed by atoms with Crippen molar-refractivity contribution >= 4 is 28.6 Å². The molecule has 0 saturated heterocycles. The Bertz CT molecular complexity index is 1300. The number of hydrazone groups is 1. The van der Waals surface area contributed by atoms with Gasteiger partial charge >= 0.3 is 5.24 Å². The van der Waals surface area contributed by atoms with E-state index in [9.17, 15) is 9.59 Å². The van der Waals surface area contributed by atoms with Crippen LogP contribution in [0.4, 0.5) is 4.79 Å². The number of rotatable bonds is 9. The van der Waals surface area contributed by atoms with Crippen molar-refractivity contribution in [2.75, 3.05) is 14.2 Å². The number of hydrogen-bond donors (Lipinski definition) is 1. The number of pyridine rings is 1. The summed E-state index contributed by atoms with van der Waals surface area (Å²) in [6.07, 6.45) is 2.00. The van der Waals surface area contributed by atoms with Gasteiger partial charge in [0.15, 0.2) is 11.5 Å². The fourth-order valence-electron chi connectivity index (χ4n) is 4.12. The average molecular weight is 519 g/mol. The number of hydrogen-bond acceptors (Lipinski definition) is 7. The van der Waals surface area contributed by atoms with Gasteiger partial charge in [-0.05, 0) is 49.2 Å². The van der Waals surface area contributed by atoms with Crippen LogP contribution in [-0.4, -0.2) is 52.5 Å². The summed E-state index contributed by atoms with van der Waals surface area (Å²) < 4.78 is 10.9. The number of aromatic nitrogens is 1. The van der Waals surface area contributed by atoms with Crippen molar-refractivity contribution in [1.29, 1.82) is 0 Å². The molecule has 4 rings (SSSR count). The van der Waals surface area contributed by atoms with E-state index in [1.807, 2.05) is 62.4 Å². The number of carbonyl (C=O) groups excluding carboxylic acids is 2. The lowest BCUT2D eigenvalue weighted by atomic mass is 10.0. The summed E-state index contributed by atoms with van der Waals surface area (Å²) in [4.78, 5) is 30.7.